The van der Waals surface area contributed by atoms with Gasteiger partial charge < -0.3 is 9.84 Å². The van der Waals surface area contributed by atoms with Crippen LogP contribution in [0.3, 0.4) is 0 Å². The Morgan fingerprint density at radius 2 is 1.42 bits per heavy atom. The maximum atomic E-state index is 12.4. The Labute approximate surface area is 131 Å². The largest absolute Gasteiger partial charge is 0.498 e. The van der Waals surface area contributed by atoms with Crippen molar-refractivity contribution in [2.45, 2.75) is 28.1 Å². The van der Waals surface area contributed by atoms with E-state index in [1.807, 2.05) is 0 Å². The molecule has 0 aromatic carbocycles. The molecule has 0 saturated heterocycles. The average Bonchev–Trinajstić information content (AvgIpc) is 2.38. The van der Waals surface area contributed by atoms with E-state index in [2.05, 4.69) is 11.3 Å². The van der Waals surface area contributed by atoms with Gasteiger partial charge in [-0.1, -0.05) is 6.58 Å². The van der Waals surface area contributed by atoms with Crippen molar-refractivity contribution >= 4 is 25.6 Å². The molecule has 0 heterocycles. The number of hydrogen-bond donors (Lipinski definition) is 1. The Hall–Kier alpha value is -1.35. The molecule has 15 heteroatoms. The minimum absolute atomic E-state index is 0.531. The highest BCUT2D eigenvalue weighted by Gasteiger charge is 2.63. The van der Waals surface area contributed by atoms with Crippen molar-refractivity contribution < 1.29 is 57.8 Å². The van der Waals surface area contributed by atoms with Crippen LogP contribution in [-0.4, -0.2) is 56.2 Å². The molecule has 0 radical (unpaired) electrons. The van der Waals surface area contributed by atoms with Crippen molar-refractivity contribution in [3.63, 3.8) is 0 Å². The molecule has 0 aromatic rings. The number of carbonyl (C=O) groups is 1. The third-order valence-electron chi connectivity index (χ3n) is 2.39. The molecule has 24 heavy (non-hydrogen) atoms. The van der Waals surface area contributed by atoms with Gasteiger partial charge in [0.2, 0.25) is 0 Å². The standard InChI is InChI=1S/C9H10F6O7S2/c1-2-6(17)22-4-5(16)3-7(23(18,19)8(10,11)12)24(20,21)9(13,14)15/h2,5,7,16H,1,3-4H2. The zero-order chi connectivity index (χ0) is 19.6. The Bertz CT molecular complexity index is 632. The SMILES string of the molecule is C=CC(=O)OCC(O)CC(S(=O)(=O)C(F)(F)F)S(=O)(=O)C(F)(F)F. The molecule has 1 unspecified atom stereocenters. The van der Waals surface area contributed by atoms with Gasteiger partial charge in [-0.2, -0.15) is 26.3 Å². The number of esters is 1. The maximum Gasteiger partial charge on any atom is 0.498 e. The number of rotatable bonds is 7. The fourth-order valence-corrected chi connectivity index (χ4v) is 4.78. The van der Waals surface area contributed by atoms with Gasteiger partial charge in [0.05, 0.1) is 6.10 Å². The molecule has 142 valence electrons. The Kier molecular flexibility index (Phi) is 6.86. The summed E-state index contributed by atoms with van der Waals surface area (Å²) in [7, 11) is -13.7. The smallest absolute Gasteiger partial charge is 0.460 e. The van der Waals surface area contributed by atoms with E-state index in [9.17, 15) is 53.1 Å². The monoisotopic (exact) mass is 408 g/mol. The topological polar surface area (TPSA) is 115 Å². The van der Waals surface area contributed by atoms with Crippen LogP contribution in [0.15, 0.2) is 12.7 Å². The van der Waals surface area contributed by atoms with Crippen molar-refractivity contribution in [1.29, 1.82) is 0 Å². The highest BCUT2D eigenvalue weighted by molar-refractivity contribution is 8.09. The molecule has 0 spiro atoms. The molecular formula is C9H10F6O7S2. The first-order valence-electron chi connectivity index (χ1n) is 5.56. The van der Waals surface area contributed by atoms with Crippen LogP contribution in [-0.2, 0) is 29.2 Å². The number of sulfone groups is 2. The van der Waals surface area contributed by atoms with E-state index >= 15 is 0 Å². The minimum atomic E-state index is -6.85. The summed E-state index contributed by atoms with van der Waals surface area (Å²) in [6.45, 7) is 1.65. The van der Waals surface area contributed by atoms with Gasteiger partial charge in [-0.3, -0.25) is 0 Å². The zero-order valence-corrected chi connectivity index (χ0v) is 13.0. The molecule has 0 bridgehead atoms. The van der Waals surface area contributed by atoms with E-state index in [1.54, 1.807) is 0 Å². The van der Waals surface area contributed by atoms with Crippen LogP contribution in [0.4, 0.5) is 26.3 Å². The average molecular weight is 408 g/mol. The van der Waals surface area contributed by atoms with Crippen LogP contribution >= 0.6 is 0 Å². The second-order valence-electron chi connectivity index (χ2n) is 4.13. The van der Waals surface area contributed by atoms with Gasteiger partial charge in [0.1, 0.15) is 6.61 Å². The van der Waals surface area contributed by atoms with Crippen molar-refractivity contribution in [2.75, 3.05) is 6.61 Å². The van der Waals surface area contributed by atoms with Crippen molar-refractivity contribution in [1.82, 2.24) is 0 Å². The highest BCUT2D eigenvalue weighted by Crippen LogP contribution is 2.38. The predicted octanol–water partition coefficient (Wildman–Crippen LogP) is 0.662. The Morgan fingerprint density at radius 3 is 1.71 bits per heavy atom. The fourth-order valence-electron chi connectivity index (χ4n) is 1.25. The van der Waals surface area contributed by atoms with Crippen molar-refractivity contribution in [3.05, 3.63) is 12.7 Å². The molecular weight excluding hydrogens is 398 g/mol. The van der Waals surface area contributed by atoms with Crippen molar-refractivity contribution in [3.8, 4) is 0 Å². The molecule has 0 rings (SSSR count). The minimum Gasteiger partial charge on any atom is -0.460 e. The normalized spacial score (nSPS) is 15.2. The summed E-state index contributed by atoms with van der Waals surface area (Å²) in [6.07, 6.45) is -3.93. The first kappa shape index (κ1) is 22.6. The summed E-state index contributed by atoms with van der Waals surface area (Å²) < 4.78 is 119. The lowest BCUT2D eigenvalue weighted by atomic mass is 10.3. The Morgan fingerprint density at radius 1 is 1.04 bits per heavy atom. The van der Waals surface area contributed by atoms with Gasteiger partial charge in [-0.05, 0) is 0 Å². The third-order valence-corrected chi connectivity index (χ3v) is 6.97. The third kappa shape index (κ3) is 5.07. The second-order valence-corrected chi connectivity index (χ2v) is 8.68. The van der Waals surface area contributed by atoms with Gasteiger partial charge in [-0.25, -0.2) is 21.6 Å². The van der Waals surface area contributed by atoms with Crippen LogP contribution in [0.5, 0.6) is 0 Å². The quantitative estimate of drug-likeness (QED) is 0.374. The van der Waals surface area contributed by atoms with E-state index in [1.165, 1.54) is 0 Å². The van der Waals surface area contributed by atoms with Crippen LogP contribution in [0.2, 0.25) is 0 Å². The molecule has 0 amide bonds. The number of ether oxygens (including phenoxy) is 1. The fraction of sp³-hybridized carbons (Fsp3) is 0.667. The first-order chi connectivity index (χ1) is 10.5. The molecule has 0 fully saturated rings. The number of aliphatic hydroxyl groups excluding tert-OH is 1. The van der Waals surface area contributed by atoms with Gasteiger partial charge in [0.15, 0.2) is 4.58 Å². The van der Waals surface area contributed by atoms with Crippen molar-refractivity contribution in [2.24, 2.45) is 0 Å². The van der Waals surface area contributed by atoms with Gasteiger partial charge in [0, 0.05) is 12.5 Å². The summed E-state index contributed by atoms with van der Waals surface area (Å²) in [5.41, 5.74) is -12.7. The molecule has 0 aliphatic heterocycles. The van der Waals surface area contributed by atoms with Crippen LogP contribution in [0.25, 0.3) is 0 Å². The van der Waals surface area contributed by atoms with E-state index in [4.69, 9.17) is 0 Å². The van der Waals surface area contributed by atoms with E-state index in [0.717, 1.165) is 0 Å². The summed E-state index contributed by atoms with van der Waals surface area (Å²) in [5.74, 6) is -1.23. The highest BCUT2D eigenvalue weighted by atomic mass is 32.3. The van der Waals surface area contributed by atoms with E-state index in [-0.39, 0.29) is 0 Å². The van der Waals surface area contributed by atoms with Crippen LogP contribution < -0.4 is 0 Å². The van der Waals surface area contributed by atoms with Crippen LogP contribution in [0.1, 0.15) is 6.42 Å². The number of halogens is 6. The molecule has 7 nitrogen and oxygen atoms in total. The molecule has 0 aliphatic carbocycles. The molecule has 1 N–H and O–H groups in total. The lowest BCUT2D eigenvalue weighted by Crippen LogP contribution is -2.46. The molecule has 0 aliphatic rings. The second kappa shape index (κ2) is 7.26. The van der Waals surface area contributed by atoms with Crippen LogP contribution in [0, 0.1) is 0 Å². The van der Waals surface area contributed by atoms with Gasteiger partial charge >= 0.3 is 17.0 Å². The summed E-state index contributed by atoms with van der Waals surface area (Å²) >= 11 is 0. The summed E-state index contributed by atoms with van der Waals surface area (Å²) in [6, 6.07) is 0. The first-order valence-corrected chi connectivity index (χ1v) is 8.65. The number of hydrogen-bond acceptors (Lipinski definition) is 7. The summed E-state index contributed by atoms with van der Waals surface area (Å²) in [4.78, 5) is 10.7. The lowest BCUT2D eigenvalue weighted by Gasteiger charge is -2.22. The lowest BCUT2D eigenvalue weighted by molar-refractivity contribution is -0.140. The predicted molar refractivity (Wildman–Crippen MR) is 65.5 cm³/mol. The van der Waals surface area contributed by atoms with Gasteiger partial charge in [-0.15, -0.1) is 0 Å². The van der Waals surface area contributed by atoms with E-state index < -0.39 is 60.4 Å². The van der Waals surface area contributed by atoms with Gasteiger partial charge in [0.25, 0.3) is 19.7 Å². The number of aliphatic hydroxyl groups is 1. The van der Waals surface area contributed by atoms with E-state index in [0.29, 0.717) is 6.08 Å². The molecule has 0 saturated carbocycles. The summed E-state index contributed by atoms with van der Waals surface area (Å²) in [5, 5.41) is 9.25. The molecule has 0 aromatic heterocycles. The molecule has 1 atom stereocenters. The number of alkyl halides is 6. The maximum absolute atomic E-state index is 12.4. The Balaban J connectivity index is 5.78. The zero-order valence-electron chi connectivity index (χ0n) is 11.3. The number of carbonyl (C=O) groups excluding carboxylic acids is 1.